The van der Waals surface area contributed by atoms with Crippen LogP contribution in [-0.2, 0) is 6.18 Å². The van der Waals surface area contributed by atoms with Crippen molar-refractivity contribution < 1.29 is 18.0 Å². The number of amides is 1. The molecule has 10 heteroatoms. The van der Waals surface area contributed by atoms with Crippen molar-refractivity contribution in [3.05, 3.63) is 57.5 Å². The summed E-state index contributed by atoms with van der Waals surface area (Å²) in [6, 6.07) is 5.63. The summed E-state index contributed by atoms with van der Waals surface area (Å²) >= 11 is 0. The second-order valence-corrected chi connectivity index (χ2v) is 6.85. The normalized spacial score (nSPS) is 14.2. The number of terminal acetylenes is 1. The fraction of sp³-hybridized carbons (Fsp3) is 0.350. The molecule has 30 heavy (non-hydrogen) atoms. The van der Waals surface area contributed by atoms with Gasteiger partial charge in [0.2, 0.25) is 5.43 Å². The lowest BCUT2D eigenvalue weighted by Gasteiger charge is -2.14. The highest BCUT2D eigenvalue weighted by molar-refractivity contribution is 5.92. The topological polar surface area (TPSA) is 88.7 Å². The van der Waals surface area contributed by atoms with E-state index in [1.165, 1.54) is 19.1 Å². The van der Waals surface area contributed by atoms with Crippen LogP contribution in [0.3, 0.4) is 0 Å². The Morgan fingerprint density at radius 1 is 1.27 bits per heavy atom. The summed E-state index contributed by atoms with van der Waals surface area (Å²) in [6.45, 7) is 1.71. The molecule has 0 saturated carbocycles. The number of hydrogen-bond acceptors (Lipinski definition) is 5. The van der Waals surface area contributed by atoms with E-state index in [1.54, 1.807) is 0 Å². The fourth-order valence-corrected chi connectivity index (χ4v) is 2.91. The molecule has 0 atom stereocenters. The molecule has 1 N–H and O–H groups in total. The molecule has 3 rings (SSSR count). The van der Waals surface area contributed by atoms with E-state index in [0.717, 1.165) is 22.9 Å². The largest absolute Gasteiger partial charge is 0.416 e. The molecule has 2 heterocycles. The fourth-order valence-electron chi connectivity index (χ4n) is 2.91. The standard InChI is InChI=1S/C20H18F3N5O2/c1-3-4-8-19(26-27-19)9-10-24-18(30)17-16(29)11-13(2)28(25-17)15-7-5-6-14(12-15)20(21,22)23/h1,5-7,11-12H,4,8-10H2,2H3,(H,24,30). The van der Waals surface area contributed by atoms with Crippen LogP contribution in [0.2, 0.25) is 0 Å². The Bertz CT molecular complexity index is 1090. The third-order valence-corrected chi connectivity index (χ3v) is 4.60. The summed E-state index contributed by atoms with van der Waals surface area (Å²) < 4.78 is 40.1. The molecule has 0 aliphatic carbocycles. The van der Waals surface area contributed by atoms with Crippen molar-refractivity contribution in [2.45, 2.75) is 38.0 Å². The third-order valence-electron chi connectivity index (χ3n) is 4.60. The van der Waals surface area contributed by atoms with Crippen LogP contribution in [0.15, 0.2) is 45.4 Å². The number of halogens is 3. The van der Waals surface area contributed by atoms with Gasteiger partial charge in [-0.1, -0.05) is 6.07 Å². The van der Waals surface area contributed by atoms with Gasteiger partial charge in [-0.3, -0.25) is 9.59 Å². The minimum atomic E-state index is -4.53. The van der Waals surface area contributed by atoms with E-state index in [0.29, 0.717) is 25.0 Å². The zero-order chi connectivity index (χ0) is 21.9. The van der Waals surface area contributed by atoms with Crippen LogP contribution in [0.5, 0.6) is 0 Å². The van der Waals surface area contributed by atoms with Crippen molar-refractivity contribution in [2.75, 3.05) is 6.54 Å². The lowest BCUT2D eigenvalue weighted by Crippen LogP contribution is -2.34. The predicted molar refractivity (Wildman–Crippen MR) is 102 cm³/mol. The van der Waals surface area contributed by atoms with Gasteiger partial charge < -0.3 is 5.32 Å². The Morgan fingerprint density at radius 2 is 2.00 bits per heavy atom. The maximum absolute atomic E-state index is 13.0. The van der Waals surface area contributed by atoms with Crippen molar-refractivity contribution in [1.82, 2.24) is 15.1 Å². The Labute approximate surface area is 170 Å². The second-order valence-electron chi connectivity index (χ2n) is 6.85. The molecule has 2 aromatic rings. The molecule has 0 radical (unpaired) electrons. The van der Waals surface area contributed by atoms with Crippen molar-refractivity contribution in [1.29, 1.82) is 0 Å². The van der Waals surface area contributed by atoms with E-state index in [-0.39, 0.29) is 12.2 Å². The van der Waals surface area contributed by atoms with E-state index in [1.807, 2.05) is 0 Å². The molecule has 1 aliphatic rings. The Kier molecular flexibility index (Phi) is 5.73. The quantitative estimate of drug-likeness (QED) is 0.702. The molecular weight excluding hydrogens is 399 g/mol. The lowest BCUT2D eigenvalue weighted by atomic mass is 10.0. The molecule has 1 aliphatic heterocycles. The number of benzene rings is 1. The lowest BCUT2D eigenvalue weighted by molar-refractivity contribution is -0.137. The summed E-state index contributed by atoms with van der Waals surface area (Å²) in [5.74, 6) is 1.78. The molecule has 1 aromatic carbocycles. The summed E-state index contributed by atoms with van der Waals surface area (Å²) in [5.41, 5.74) is -2.12. The van der Waals surface area contributed by atoms with Gasteiger partial charge in [0.05, 0.1) is 11.3 Å². The predicted octanol–water partition coefficient (Wildman–Crippen LogP) is 3.26. The first-order valence-corrected chi connectivity index (χ1v) is 9.09. The molecule has 1 aromatic heterocycles. The number of nitrogens with one attached hydrogen (secondary N) is 1. The molecule has 1 amide bonds. The minimum absolute atomic E-state index is 0.0835. The highest BCUT2D eigenvalue weighted by Crippen LogP contribution is 2.36. The van der Waals surface area contributed by atoms with Gasteiger partial charge in [-0.2, -0.15) is 28.5 Å². The third kappa shape index (κ3) is 4.74. The average Bonchev–Trinajstić information content (AvgIpc) is 3.46. The van der Waals surface area contributed by atoms with Gasteiger partial charge in [0.15, 0.2) is 11.4 Å². The van der Waals surface area contributed by atoms with Gasteiger partial charge in [0.1, 0.15) is 0 Å². The number of rotatable bonds is 7. The number of aromatic nitrogens is 2. The van der Waals surface area contributed by atoms with E-state index in [9.17, 15) is 22.8 Å². The first kappa shape index (κ1) is 21.2. The molecule has 0 unspecified atom stereocenters. The molecule has 7 nitrogen and oxygen atoms in total. The molecule has 156 valence electrons. The van der Waals surface area contributed by atoms with E-state index in [2.05, 4.69) is 26.6 Å². The van der Waals surface area contributed by atoms with E-state index >= 15 is 0 Å². The van der Waals surface area contributed by atoms with Gasteiger partial charge >= 0.3 is 6.18 Å². The molecule has 0 fully saturated rings. The number of carbonyl (C=O) groups is 1. The monoisotopic (exact) mass is 417 g/mol. The molecule has 0 bridgehead atoms. The first-order chi connectivity index (χ1) is 14.1. The van der Waals surface area contributed by atoms with Gasteiger partial charge in [-0.15, -0.1) is 12.3 Å². The number of hydrogen-bond donors (Lipinski definition) is 1. The Hall–Kier alpha value is -3.48. The maximum atomic E-state index is 13.0. The first-order valence-electron chi connectivity index (χ1n) is 9.09. The van der Waals surface area contributed by atoms with Gasteiger partial charge in [0.25, 0.3) is 5.91 Å². The van der Waals surface area contributed by atoms with Gasteiger partial charge in [-0.05, 0) is 25.1 Å². The number of nitrogens with zero attached hydrogens (tertiary/aromatic N) is 4. The van der Waals surface area contributed by atoms with E-state index < -0.39 is 34.4 Å². The van der Waals surface area contributed by atoms with Gasteiger partial charge in [-0.25, -0.2) is 4.68 Å². The summed E-state index contributed by atoms with van der Waals surface area (Å²) in [6.07, 6.45) is 2.20. The smallest absolute Gasteiger partial charge is 0.350 e. The zero-order valence-electron chi connectivity index (χ0n) is 16.0. The SMILES string of the molecule is C#CCCC1(CCNC(=O)c2nn(-c3cccc(C(F)(F)F)c3)c(C)cc2=O)N=N1. The summed E-state index contributed by atoms with van der Waals surface area (Å²) in [7, 11) is 0. The zero-order valence-corrected chi connectivity index (χ0v) is 16.0. The van der Waals surface area contributed by atoms with Crippen molar-refractivity contribution in [3.8, 4) is 18.0 Å². The van der Waals surface area contributed by atoms with Crippen LogP contribution >= 0.6 is 0 Å². The maximum Gasteiger partial charge on any atom is 0.416 e. The van der Waals surface area contributed by atoms with Crippen LogP contribution in [0.1, 0.15) is 41.0 Å². The van der Waals surface area contributed by atoms with E-state index in [4.69, 9.17) is 6.42 Å². The summed E-state index contributed by atoms with van der Waals surface area (Å²) in [4.78, 5) is 24.7. The van der Waals surface area contributed by atoms with Crippen LogP contribution in [0, 0.1) is 19.3 Å². The Balaban J connectivity index is 1.78. The van der Waals surface area contributed by atoms with Crippen molar-refractivity contribution >= 4 is 5.91 Å². The highest BCUT2D eigenvalue weighted by atomic mass is 19.4. The second kappa shape index (κ2) is 8.10. The van der Waals surface area contributed by atoms with Crippen LogP contribution < -0.4 is 10.7 Å². The number of alkyl halides is 3. The average molecular weight is 417 g/mol. The number of carbonyl (C=O) groups excluding carboxylic acids is 1. The minimum Gasteiger partial charge on any atom is -0.350 e. The molecule has 0 spiro atoms. The molecular formula is C20H18F3N5O2. The van der Waals surface area contributed by atoms with Crippen molar-refractivity contribution in [2.24, 2.45) is 10.2 Å². The summed E-state index contributed by atoms with van der Waals surface area (Å²) in [5, 5.41) is 14.5. The molecule has 0 saturated heterocycles. The van der Waals surface area contributed by atoms with Gasteiger partial charge in [0, 0.05) is 37.6 Å². The Morgan fingerprint density at radius 3 is 2.63 bits per heavy atom. The van der Waals surface area contributed by atoms with Crippen molar-refractivity contribution in [3.63, 3.8) is 0 Å². The number of aryl methyl sites for hydroxylation is 1. The highest BCUT2D eigenvalue weighted by Gasteiger charge is 2.38. The van der Waals surface area contributed by atoms with Crippen LogP contribution in [0.25, 0.3) is 5.69 Å². The van der Waals surface area contributed by atoms with Crippen LogP contribution in [-0.4, -0.2) is 27.9 Å². The van der Waals surface area contributed by atoms with Crippen LogP contribution in [0.4, 0.5) is 13.2 Å².